The molecule has 46 heavy (non-hydrogen) atoms. The van der Waals surface area contributed by atoms with Gasteiger partial charge in [0, 0.05) is 22.1 Å². The van der Waals surface area contributed by atoms with E-state index in [0.717, 1.165) is 32.6 Å². The van der Waals surface area contributed by atoms with Crippen LogP contribution >= 0.6 is 0 Å². The molecule has 0 unspecified atom stereocenters. The van der Waals surface area contributed by atoms with E-state index in [1.165, 1.54) is 30.7 Å². The fraction of sp³-hybridized carbons (Fsp3) is 0.0811. The van der Waals surface area contributed by atoms with Crippen molar-refractivity contribution < 1.29 is 30.7 Å². The number of halogens is 3. The minimum absolute atomic E-state index is 0.0121. The van der Waals surface area contributed by atoms with Crippen LogP contribution in [0, 0.1) is 6.92 Å². The van der Waals surface area contributed by atoms with Gasteiger partial charge < -0.3 is 9.15 Å². The van der Waals surface area contributed by atoms with Crippen LogP contribution in [0.3, 0.4) is 0 Å². The highest BCUT2D eigenvalue weighted by molar-refractivity contribution is 7.90. The van der Waals surface area contributed by atoms with E-state index in [-0.39, 0.29) is 33.7 Å². The summed E-state index contributed by atoms with van der Waals surface area (Å²) in [6.45, 7) is 2.02. The topological polar surface area (TPSA) is 61.4 Å². The van der Waals surface area contributed by atoms with Crippen molar-refractivity contribution in [2.45, 2.75) is 24.6 Å². The van der Waals surface area contributed by atoms with Gasteiger partial charge in [-0.15, -0.1) is 0 Å². The molecule has 5 aromatic carbocycles. The molecule has 0 bridgehead atoms. The zero-order valence-electron chi connectivity index (χ0n) is 24.5. The number of hydrogen-bond donors (Lipinski definition) is 0. The van der Waals surface area contributed by atoms with Crippen LogP contribution < -0.4 is 4.74 Å². The maximum absolute atomic E-state index is 14.7. The normalized spacial score (nSPS) is 12.2. The molecule has 7 rings (SSSR count). The number of benzene rings is 5. The molecule has 0 spiro atoms. The highest BCUT2D eigenvalue weighted by atomic mass is 32.2. The lowest BCUT2D eigenvalue weighted by atomic mass is 9.95. The second-order valence-corrected chi connectivity index (χ2v) is 12.8. The third-order valence-corrected chi connectivity index (χ3v) is 9.71. The zero-order chi connectivity index (χ0) is 32.1. The molecule has 9 heteroatoms. The SMILES string of the molecule is Cc1ccc(S(=O)(=O)n2c(-c3c(OCc4ccccc4)ccc4ccccc34)c(-c3ccoc3)c3cc(C(F)(F)F)ccc32)cc1. The first-order valence-electron chi connectivity index (χ1n) is 14.4. The highest BCUT2D eigenvalue weighted by Crippen LogP contribution is 2.49. The first-order chi connectivity index (χ1) is 22.1. The summed E-state index contributed by atoms with van der Waals surface area (Å²) >= 11 is 0. The minimum Gasteiger partial charge on any atom is -0.488 e. The number of fused-ring (bicyclic) bond motifs is 2. The number of aryl methyl sites for hydroxylation is 1. The van der Waals surface area contributed by atoms with E-state index in [1.54, 1.807) is 24.3 Å². The Balaban J connectivity index is 1.64. The molecular weight excluding hydrogens is 611 g/mol. The van der Waals surface area contributed by atoms with E-state index >= 15 is 0 Å². The number of nitrogens with zero attached hydrogens (tertiary/aromatic N) is 1. The lowest BCUT2D eigenvalue weighted by Crippen LogP contribution is -2.15. The van der Waals surface area contributed by atoms with Gasteiger partial charge in [0.2, 0.25) is 0 Å². The molecule has 0 fully saturated rings. The number of rotatable bonds is 7. The monoisotopic (exact) mass is 637 g/mol. The van der Waals surface area contributed by atoms with Gasteiger partial charge in [0.15, 0.2) is 0 Å². The number of hydrogen-bond acceptors (Lipinski definition) is 4. The third kappa shape index (κ3) is 5.12. The second kappa shape index (κ2) is 11.3. The Morgan fingerprint density at radius 1 is 0.783 bits per heavy atom. The smallest absolute Gasteiger partial charge is 0.416 e. The molecule has 0 aliphatic heterocycles. The van der Waals surface area contributed by atoms with Crippen molar-refractivity contribution in [3.05, 3.63) is 144 Å². The Morgan fingerprint density at radius 3 is 2.24 bits per heavy atom. The maximum Gasteiger partial charge on any atom is 0.416 e. The van der Waals surface area contributed by atoms with Crippen LogP contribution in [0.5, 0.6) is 5.75 Å². The van der Waals surface area contributed by atoms with Crippen molar-refractivity contribution in [1.82, 2.24) is 3.97 Å². The number of aromatic nitrogens is 1. The predicted molar refractivity (Wildman–Crippen MR) is 172 cm³/mol. The van der Waals surface area contributed by atoms with Crippen molar-refractivity contribution in [3.63, 3.8) is 0 Å². The molecule has 0 saturated heterocycles. The molecule has 5 nitrogen and oxygen atoms in total. The van der Waals surface area contributed by atoms with Crippen molar-refractivity contribution in [1.29, 1.82) is 0 Å². The van der Waals surface area contributed by atoms with Crippen LogP contribution in [-0.2, 0) is 22.8 Å². The lowest BCUT2D eigenvalue weighted by Gasteiger charge is -2.19. The minimum atomic E-state index is -4.66. The summed E-state index contributed by atoms with van der Waals surface area (Å²) in [6.07, 6.45) is -1.86. The summed E-state index contributed by atoms with van der Waals surface area (Å²) in [5.41, 5.74) is 2.20. The molecule has 0 amide bonds. The Bertz CT molecular complexity index is 2310. The fourth-order valence-corrected chi connectivity index (χ4v) is 7.31. The Morgan fingerprint density at radius 2 is 1.52 bits per heavy atom. The number of alkyl halides is 3. The van der Waals surface area contributed by atoms with Crippen molar-refractivity contribution >= 4 is 31.7 Å². The van der Waals surface area contributed by atoms with Gasteiger partial charge in [-0.25, -0.2) is 12.4 Å². The van der Waals surface area contributed by atoms with Crippen LogP contribution in [0.2, 0.25) is 0 Å². The fourth-order valence-electron chi connectivity index (χ4n) is 5.78. The average Bonchev–Trinajstić information content (AvgIpc) is 3.70. The molecule has 0 N–H and O–H groups in total. The Kier molecular flexibility index (Phi) is 7.21. The first-order valence-corrected chi connectivity index (χ1v) is 15.9. The summed E-state index contributed by atoms with van der Waals surface area (Å²) in [7, 11) is -4.38. The summed E-state index contributed by atoms with van der Waals surface area (Å²) in [5, 5.41) is 1.56. The van der Waals surface area contributed by atoms with E-state index in [4.69, 9.17) is 9.15 Å². The van der Waals surface area contributed by atoms with Gasteiger partial charge in [-0.1, -0.05) is 78.4 Å². The molecule has 230 valence electrons. The first kappa shape index (κ1) is 29.4. The predicted octanol–water partition coefficient (Wildman–Crippen LogP) is 9.86. The Labute approximate surface area is 263 Å². The molecule has 2 heterocycles. The molecular formula is C37H26F3NO4S. The highest BCUT2D eigenvalue weighted by Gasteiger charge is 2.35. The van der Waals surface area contributed by atoms with Crippen LogP contribution in [-0.4, -0.2) is 12.4 Å². The van der Waals surface area contributed by atoms with Gasteiger partial charge in [-0.2, -0.15) is 13.2 Å². The molecule has 0 aliphatic carbocycles. The lowest BCUT2D eigenvalue weighted by molar-refractivity contribution is -0.137. The van der Waals surface area contributed by atoms with Gasteiger partial charge in [-0.3, -0.25) is 0 Å². The van der Waals surface area contributed by atoms with Gasteiger partial charge >= 0.3 is 6.18 Å². The molecule has 0 atom stereocenters. The van der Waals surface area contributed by atoms with E-state index in [0.29, 0.717) is 22.3 Å². The van der Waals surface area contributed by atoms with E-state index in [1.807, 2.05) is 67.6 Å². The van der Waals surface area contributed by atoms with Crippen LogP contribution in [0.1, 0.15) is 16.7 Å². The maximum atomic E-state index is 14.7. The second-order valence-electron chi connectivity index (χ2n) is 11.0. The largest absolute Gasteiger partial charge is 0.488 e. The molecule has 0 saturated carbocycles. The summed E-state index contributed by atoms with van der Waals surface area (Å²) in [6, 6.07) is 31.7. The van der Waals surface area contributed by atoms with Crippen LogP contribution in [0.25, 0.3) is 44.1 Å². The van der Waals surface area contributed by atoms with Gasteiger partial charge in [0.05, 0.1) is 34.2 Å². The van der Waals surface area contributed by atoms with E-state index < -0.39 is 21.8 Å². The Hall–Kier alpha value is -5.28. The molecule has 2 aromatic heterocycles. The standard InChI is InChI=1S/C37H26F3NO4S/c1-24-11-15-29(16-12-24)46(42,43)41-32-17-14-28(37(38,39)40)21-31(32)34(27-19-20-44-23-27)36(41)35-30-10-6-5-9-26(30)13-18-33(35)45-22-25-7-3-2-4-8-25/h2-21,23H,22H2,1H3. The van der Waals surface area contributed by atoms with Crippen LogP contribution in [0.15, 0.2) is 137 Å². The van der Waals surface area contributed by atoms with Gasteiger partial charge in [0.1, 0.15) is 12.4 Å². The molecule has 0 radical (unpaired) electrons. The van der Waals surface area contributed by atoms with Crippen LogP contribution in [0.4, 0.5) is 13.2 Å². The van der Waals surface area contributed by atoms with Crippen molar-refractivity contribution in [2.75, 3.05) is 0 Å². The summed E-state index contributed by atoms with van der Waals surface area (Å²) in [5.74, 6) is 0.367. The van der Waals surface area contributed by atoms with Crippen molar-refractivity contribution in [2.24, 2.45) is 0 Å². The molecule has 7 aromatic rings. The average molecular weight is 638 g/mol. The summed E-state index contributed by atoms with van der Waals surface area (Å²) < 4.78 is 84.8. The summed E-state index contributed by atoms with van der Waals surface area (Å²) in [4.78, 5) is -0.0121. The van der Waals surface area contributed by atoms with E-state index in [2.05, 4.69) is 0 Å². The van der Waals surface area contributed by atoms with Gasteiger partial charge in [-0.05, 0) is 65.7 Å². The van der Waals surface area contributed by atoms with E-state index in [9.17, 15) is 21.6 Å². The third-order valence-electron chi connectivity index (χ3n) is 7.99. The van der Waals surface area contributed by atoms with Crippen molar-refractivity contribution in [3.8, 4) is 28.1 Å². The number of ether oxygens (including phenoxy) is 1. The quantitative estimate of drug-likeness (QED) is 0.175. The van der Waals surface area contributed by atoms with Gasteiger partial charge in [0.25, 0.3) is 10.0 Å². The molecule has 0 aliphatic rings. The zero-order valence-corrected chi connectivity index (χ0v) is 25.3. The number of furan rings is 1.